The van der Waals surface area contributed by atoms with E-state index in [1.165, 1.54) is 10.5 Å². The van der Waals surface area contributed by atoms with Crippen molar-refractivity contribution in [2.75, 3.05) is 11.1 Å². The Hall–Kier alpha value is -2.01. The number of benzene rings is 2. The molecular weight excluding hydrogens is 284 g/mol. The van der Waals surface area contributed by atoms with Gasteiger partial charge >= 0.3 is 0 Å². The molecule has 0 bridgehead atoms. The van der Waals surface area contributed by atoms with Gasteiger partial charge in [0, 0.05) is 16.7 Å². The number of fused-ring (bicyclic) bond motifs is 1. The van der Waals surface area contributed by atoms with Crippen LogP contribution in [0.15, 0.2) is 47.4 Å². The van der Waals surface area contributed by atoms with Crippen LogP contribution in [0.5, 0.6) is 0 Å². The summed E-state index contributed by atoms with van der Waals surface area (Å²) in [7, 11) is 0. The van der Waals surface area contributed by atoms with Crippen LogP contribution in [0.4, 0.5) is 11.4 Å². The van der Waals surface area contributed by atoms with E-state index in [1.807, 2.05) is 36.9 Å². The average molecular weight is 300 g/mol. The van der Waals surface area contributed by atoms with Crippen molar-refractivity contribution in [2.45, 2.75) is 24.3 Å². The molecule has 4 nitrogen and oxygen atoms in total. The minimum atomic E-state index is -0.321. The second-order valence-corrected chi connectivity index (χ2v) is 6.29. The summed E-state index contributed by atoms with van der Waals surface area (Å²) in [6.45, 7) is 1.86. The molecule has 0 spiro atoms. The zero-order chi connectivity index (χ0) is 14.8. The number of hydrogen-bond donors (Lipinski definition) is 1. The highest BCUT2D eigenvalue weighted by atomic mass is 32.2. The number of hydrogen-bond acceptors (Lipinski definition) is 4. The maximum Gasteiger partial charge on any atom is 0.292 e. The first-order chi connectivity index (χ1) is 10.1. The van der Waals surface area contributed by atoms with Crippen molar-refractivity contribution in [3.8, 4) is 0 Å². The molecule has 0 aliphatic carbocycles. The molecule has 21 heavy (non-hydrogen) atoms. The Morgan fingerprint density at radius 2 is 2.10 bits per heavy atom. The number of thioether (sulfide) groups is 1. The highest BCUT2D eigenvalue weighted by Gasteiger charge is 2.23. The van der Waals surface area contributed by atoms with Crippen molar-refractivity contribution in [1.82, 2.24) is 0 Å². The van der Waals surface area contributed by atoms with Crippen LogP contribution in [0.25, 0.3) is 0 Å². The molecule has 0 aromatic heterocycles. The van der Waals surface area contributed by atoms with Crippen LogP contribution < -0.4 is 5.32 Å². The highest BCUT2D eigenvalue weighted by molar-refractivity contribution is 7.99. The van der Waals surface area contributed by atoms with Gasteiger partial charge in [0.2, 0.25) is 0 Å². The lowest BCUT2D eigenvalue weighted by Crippen LogP contribution is -2.16. The zero-order valence-electron chi connectivity index (χ0n) is 11.7. The first-order valence-electron chi connectivity index (χ1n) is 6.88. The van der Waals surface area contributed by atoms with E-state index in [2.05, 4.69) is 17.4 Å². The number of nitro benzene ring substituents is 1. The van der Waals surface area contributed by atoms with Crippen molar-refractivity contribution < 1.29 is 4.92 Å². The summed E-state index contributed by atoms with van der Waals surface area (Å²) in [6.07, 6.45) is 0.965. The lowest BCUT2D eigenvalue weighted by atomic mass is 10.0. The lowest BCUT2D eigenvalue weighted by molar-refractivity contribution is -0.384. The van der Waals surface area contributed by atoms with Gasteiger partial charge in [-0.25, -0.2) is 0 Å². The zero-order valence-corrected chi connectivity index (χ0v) is 12.5. The minimum absolute atomic E-state index is 0.129. The third kappa shape index (κ3) is 2.88. The van der Waals surface area contributed by atoms with Crippen LogP contribution in [0, 0.1) is 17.0 Å². The van der Waals surface area contributed by atoms with Crippen LogP contribution in [-0.4, -0.2) is 10.7 Å². The molecule has 3 rings (SSSR count). The number of nitro groups is 1. The normalized spacial score (nSPS) is 17.1. The van der Waals surface area contributed by atoms with Gasteiger partial charge in [-0.15, -0.1) is 11.8 Å². The van der Waals surface area contributed by atoms with E-state index in [4.69, 9.17) is 0 Å². The highest BCUT2D eigenvalue weighted by Crippen LogP contribution is 2.39. The first-order valence-corrected chi connectivity index (χ1v) is 7.87. The number of rotatable bonds is 3. The molecule has 1 unspecified atom stereocenters. The molecule has 1 atom stereocenters. The van der Waals surface area contributed by atoms with Crippen molar-refractivity contribution in [1.29, 1.82) is 0 Å². The van der Waals surface area contributed by atoms with Gasteiger partial charge in [0.1, 0.15) is 5.69 Å². The number of aryl methyl sites for hydroxylation is 1. The fourth-order valence-electron chi connectivity index (χ4n) is 2.59. The standard InChI is InChI=1S/C16H16N2O2S/c1-11-6-7-14(15(10-11)18(19)20)17-13-8-9-21-16-5-3-2-4-12(13)16/h2-7,10,13,17H,8-9H2,1H3. The van der Waals surface area contributed by atoms with Crippen molar-refractivity contribution in [3.63, 3.8) is 0 Å². The molecule has 0 fully saturated rings. The van der Waals surface area contributed by atoms with Crippen molar-refractivity contribution >= 4 is 23.1 Å². The Labute approximate surface area is 127 Å². The van der Waals surface area contributed by atoms with Crippen molar-refractivity contribution in [3.05, 3.63) is 63.7 Å². The molecule has 1 heterocycles. The van der Waals surface area contributed by atoms with Crippen LogP contribution in [-0.2, 0) is 0 Å². The second-order valence-electron chi connectivity index (χ2n) is 5.15. The third-order valence-electron chi connectivity index (χ3n) is 3.64. The monoisotopic (exact) mass is 300 g/mol. The van der Waals surface area contributed by atoms with Crippen LogP contribution >= 0.6 is 11.8 Å². The van der Waals surface area contributed by atoms with Crippen LogP contribution in [0.1, 0.15) is 23.6 Å². The Bertz CT molecular complexity index is 688. The summed E-state index contributed by atoms with van der Waals surface area (Å²) in [4.78, 5) is 12.2. The van der Waals surface area contributed by atoms with Gasteiger partial charge in [-0.2, -0.15) is 0 Å². The van der Waals surface area contributed by atoms with E-state index in [-0.39, 0.29) is 16.7 Å². The van der Waals surface area contributed by atoms with E-state index in [0.717, 1.165) is 17.7 Å². The molecule has 0 saturated carbocycles. The molecule has 1 aliphatic rings. The molecular formula is C16H16N2O2S. The Kier molecular flexibility index (Phi) is 3.84. The van der Waals surface area contributed by atoms with Gasteiger partial charge < -0.3 is 5.32 Å². The molecule has 108 valence electrons. The number of anilines is 1. The second kappa shape index (κ2) is 5.77. The lowest BCUT2D eigenvalue weighted by Gasteiger charge is -2.26. The smallest absolute Gasteiger partial charge is 0.292 e. The summed E-state index contributed by atoms with van der Waals surface area (Å²) in [5.41, 5.74) is 2.86. The van der Waals surface area contributed by atoms with Gasteiger partial charge in [-0.3, -0.25) is 10.1 Å². The van der Waals surface area contributed by atoms with Gasteiger partial charge in [0.15, 0.2) is 0 Å². The molecule has 2 aromatic carbocycles. The summed E-state index contributed by atoms with van der Waals surface area (Å²) < 4.78 is 0. The topological polar surface area (TPSA) is 55.2 Å². The van der Waals surface area contributed by atoms with E-state index < -0.39 is 0 Å². The molecule has 1 aliphatic heterocycles. The van der Waals surface area contributed by atoms with Crippen LogP contribution in [0.2, 0.25) is 0 Å². The van der Waals surface area contributed by atoms with E-state index >= 15 is 0 Å². The largest absolute Gasteiger partial charge is 0.373 e. The number of nitrogens with one attached hydrogen (secondary N) is 1. The molecule has 5 heteroatoms. The van der Waals surface area contributed by atoms with Gasteiger partial charge in [-0.1, -0.05) is 24.3 Å². The average Bonchev–Trinajstić information content (AvgIpc) is 2.49. The number of nitrogens with zero attached hydrogens (tertiary/aromatic N) is 1. The Balaban J connectivity index is 1.93. The van der Waals surface area contributed by atoms with Gasteiger partial charge in [0.05, 0.1) is 11.0 Å². The molecule has 1 N–H and O–H groups in total. The predicted octanol–water partition coefficient (Wildman–Crippen LogP) is 4.55. The SMILES string of the molecule is Cc1ccc(NC2CCSc3ccccc32)c([N+](=O)[O-])c1. The molecule has 0 radical (unpaired) electrons. The third-order valence-corrected chi connectivity index (χ3v) is 4.76. The summed E-state index contributed by atoms with van der Waals surface area (Å²) in [6, 6.07) is 13.7. The fraction of sp³-hybridized carbons (Fsp3) is 0.250. The maximum absolute atomic E-state index is 11.2. The van der Waals surface area contributed by atoms with E-state index in [1.54, 1.807) is 12.1 Å². The molecule has 0 amide bonds. The Morgan fingerprint density at radius 1 is 1.29 bits per heavy atom. The van der Waals surface area contributed by atoms with Crippen LogP contribution in [0.3, 0.4) is 0 Å². The van der Waals surface area contributed by atoms with E-state index in [0.29, 0.717) is 5.69 Å². The summed E-state index contributed by atoms with van der Waals surface area (Å²) in [5.74, 6) is 1.02. The molecule has 0 saturated heterocycles. The minimum Gasteiger partial charge on any atom is -0.373 e. The predicted molar refractivity (Wildman–Crippen MR) is 86.0 cm³/mol. The first kappa shape index (κ1) is 13.9. The molecule has 2 aromatic rings. The van der Waals surface area contributed by atoms with Gasteiger partial charge in [-0.05, 0) is 36.6 Å². The summed E-state index contributed by atoms with van der Waals surface area (Å²) in [5, 5.41) is 14.6. The van der Waals surface area contributed by atoms with Gasteiger partial charge in [0.25, 0.3) is 5.69 Å². The van der Waals surface area contributed by atoms with E-state index in [9.17, 15) is 10.1 Å². The quantitative estimate of drug-likeness (QED) is 0.667. The summed E-state index contributed by atoms with van der Waals surface area (Å²) >= 11 is 1.84. The Morgan fingerprint density at radius 3 is 2.90 bits per heavy atom. The maximum atomic E-state index is 11.2. The van der Waals surface area contributed by atoms with Crippen molar-refractivity contribution in [2.24, 2.45) is 0 Å². The fourth-order valence-corrected chi connectivity index (χ4v) is 3.72.